The first-order valence-corrected chi connectivity index (χ1v) is 15.3. The molecule has 5 fully saturated rings. The lowest BCUT2D eigenvalue weighted by molar-refractivity contribution is -0.285. The molecule has 22 nitrogen and oxygen atoms in total. The second-order valence-electron chi connectivity index (χ2n) is 12.0. The van der Waals surface area contributed by atoms with Gasteiger partial charge in [0.2, 0.25) is 0 Å². The Hall–Kier alpha value is -0.880. The first kappa shape index (κ1) is 38.4. The minimum atomic E-state index is -1.85. The normalized spacial score (nSPS) is 51.7. The maximum atomic E-state index is 11.2. The van der Waals surface area contributed by atoms with Crippen LogP contribution in [-0.2, 0) is 42.6 Å². The summed E-state index contributed by atoms with van der Waals surface area (Å²) in [4.78, 5) is 0. The van der Waals surface area contributed by atoms with Crippen LogP contribution in [0.25, 0.3) is 0 Å². The lowest BCUT2D eigenvalue weighted by atomic mass is 10.1. The Balaban J connectivity index is 1.33. The van der Waals surface area contributed by atoms with Crippen molar-refractivity contribution in [2.75, 3.05) is 33.0 Å². The summed E-state index contributed by atoms with van der Waals surface area (Å²) in [5.74, 6) is 0. The lowest BCUT2D eigenvalue weighted by Crippen LogP contribution is -2.48. The van der Waals surface area contributed by atoms with E-state index in [1.165, 1.54) is 0 Å². The van der Waals surface area contributed by atoms with Crippen LogP contribution in [0.2, 0.25) is 0 Å². The summed E-state index contributed by atoms with van der Waals surface area (Å²) in [6.07, 6.45) is -32.9. The predicted octanol–water partition coefficient (Wildman–Crippen LogP) is -9.37. The third kappa shape index (κ3) is 7.51. The van der Waals surface area contributed by atoms with E-state index >= 15 is 0 Å². The quantitative estimate of drug-likeness (QED) is 0.0796. The standard InChI is InChI=1S/C26H44O22/c27-1-6(31)18-14(35)17(38)25(45-18)47-20-13(34)10(5-40-23-15(36)11(32)7(2-28)42-23)44-26(20)48-21-19(9(4-30)41-22(21)39)46-24-16(37)12(33)8(3-29)43-24/h6-39H,1-5H2/t6-,7+,8+,9+,10+,11+,12+,13+,14-,15-,16-,17-,18+,19+,20-,21-,22+,23-,24+,25+,26-/m1/s1. The Bertz CT molecular complexity index is 1010. The van der Waals surface area contributed by atoms with Crippen molar-refractivity contribution in [3.05, 3.63) is 0 Å². The van der Waals surface area contributed by atoms with Gasteiger partial charge in [0.15, 0.2) is 31.5 Å². The minimum absolute atomic E-state index is 0.568. The van der Waals surface area contributed by atoms with Crippen LogP contribution in [0.4, 0.5) is 0 Å². The van der Waals surface area contributed by atoms with Gasteiger partial charge in [-0.05, 0) is 0 Å². The molecule has 0 spiro atoms. The number of ether oxygens (including phenoxy) is 9. The molecule has 5 aliphatic rings. The van der Waals surface area contributed by atoms with Gasteiger partial charge in [0.25, 0.3) is 0 Å². The second kappa shape index (κ2) is 16.2. The molecule has 280 valence electrons. The average Bonchev–Trinajstić information content (AvgIpc) is 3.81. The number of hydrogen-bond acceptors (Lipinski definition) is 22. The predicted molar refractivity (Wildman–Crippen MR) is 142 cm³/mol. The van der Waals surface area contributed by atoms with E-state index in [0.29, 0.717) is 0 Å². The van der Waals surface area contributed by atoms with Crippen molar-refractivity contribution in [2.45, 2.75) is 129 Å². The van der Waals surface area contributed by atoms with E-state index < -0.39 is 162 Å². The number of rotatable bonds is 14. The summed E-state index contributed by atoms with van der Waals surface area (Å²) in [7, 11) is 0. The monoisotopic (exact) mass is 708 g/mol. The van der Waals surface area contributed by atoms with Crippen molar-refractivity contribution in [1.82, 2.24) is 0 Å². The van der Waals surface area contributed by atoms with Crippen molar-refractivity contribution < 1.29 is 109 Å². The van der Waals surface area contributed by atoms with E-state index in [0.717, 1.165) is 0 Å². The molecule has 0 saturated carbocycles. The van der Waals surface area contributed by atoms with Crippen LogP contribution < -0.4 is 0 Å². The summed E-state index contributed by atoms with van der Waals surface area (Å²) in [5, 5.41) is 131. The molecule has 13 N–H and O–H groups in total. The maximum absolute atomic E-state index is 11.2. The van der Waals surface area contributed by atoms with Gasteiger partial charge in [-0.15, -0.1) is 0 Å². The van der Waals surface area contributed by atoms with Gasteiger partial charge in [0.05, 0.1) is 33.0 Å². The first-order chi connectivity index (χ1) is 22.8. The molecule has 48 heavy (non-hydrogen) atoms. The maximum Gasteiger partial charge on any atom is 0.187 e. The largest absolute Gasteiger partial charge is 0.394 e. The Morgan fingerprint density at radius 1 is 0.458 bits per heavy atom. The summed E-state index contributed by atoms with van der Waals surface area (Å²) >= 11 is 0. The fourth-order valence-electron chi connectivity index (χ4n) is 6.10. The lowest BCUT2D eigenvalue weighted by Gasteiger charge is -2.31. The van der Waals surface area contributed by atoms with Gasteiger partial charge in [-0.2, -0.15) is 0 Å². The molecule has 5 heterocycles. The summed E-state index contributed by atoms with van der Waals surface area (Å²) in [6.45, 7) is -3.48. The van der Waals surface area contributed by atoms with Crippen LogP contribution in [0.15, 0.2) is 0 Å². The molecule has 0 aromatic heterocycles. The third-order valence-corrected chi connectivity index (χ3v) is 8.88. The van der Waals surface area contributed by atoms with Gasteiger partial charge >= 0.3 is 0 Å². The smallest absolute Gasteiger partial charge is 0.187 e. The number of aliphatic hydroxyl groups is 13. The molecule has 5 rings (SSSR count). The average molecular weight is 709 g/mol. The zero-order chi connectivity index (χ0) is 35.0. The highest BCUT2D eigenvalue weighted by Crippen LogP contribution is 2.37. The molecule has 0 amide bonds. The second-order valence-corrected chi connectivity index (χ2v) is 12.0. The Morgan fingerprint density at radius 3 is 1.54 bits per heavy atom. The van der Waals surface area contributed by atoms with E-state index in [1.807, 2.05) is 0 Å². The van der Waals surface area contributed by atoms with Crippen LogP contribution in [0.1, 0.15) is 0 Å². The Labute approximate surface area is 271 Å². The molecular weight excluding hydrogens is 664 g/mol. The molecule has 0 aliphatic carbocycles. The van der Waals surface area contributed by atoms with Crippen LogP contribution in [0.5, 0.6) is 0 Å². The zero-order valence-corrected chi connectivity index (χ0v) is 25.1. The molecular formula is C26H44O22. The molecule has 5 saturated heterocycles. The molecule has 22 heteroatoms. The summed E-state index contributed by atoms with van der Waals surface area (Å²) < 4.78 is 49.9. The molecule has 0 radical (unpaired) electrons. The zero-order valence-electron chi connectivity index (χ0n) is 25.1. The minimum Gasteiger partial charge on any atom is -0.394 e. The van der Waals surface area contributed by atoms with Gasteiger partial charge in [-0.1, -0.05) is 0 Å². The number of hydrogen-bond donors (Lipinski definition) is 13. The third-order valence-electron chi connectivity index (χ3n) is 8.88. The van der Waals surface area contributed by atoms with E-state index in [4.69, 9.17) is 42.6 Å². The van der Waals surface area contributed by atoms with E-state index in [9.17, 15) is 66.4 Å². The van der Waals surface area contributed by atoms with Crippen molar-refractivity contribution in [3.63, 3.8) is 0 Å². The van der Waals surface area contributed by atoms with Crippen molar-refractivity contribution in [1.29, 1.82) is 0 Å². The molecule has 5 aliphatic heterocycles. The number of aliphatic hydroxyl groups excluding tert-OH is 13. The molecule has 0 aromatic carbocycles. The van der Waals surface area contributed by atoms with Crippen LogP contribution in [0, 0.1) is 0 Å². The molecule has 0 bridgehead atoms. The highest BCUT2D eigenvalue weighted by Gasteiger charge is 2.57. The molecule has 21 atom stereocenters. The highest BCUT2D eigenvalue weighted by atomic mass is 16.8. The van der Waals surface area contributed by atoms with Crippen molar-refractivity contribution in [2.24, 2.45) is 0 Å². The van der Waals surface area contributed by atoms with Crippen LogP contribution in [0.3, 0.4) is 0 Å². The van der Waals surface area contributed by atoms with Gasteiger partial charge < -0.3 is 109 Å². The van der Waals surface area contributed by atoms with Gasteiger partial charge in [-0.25, -0.2) is 0 Å². The van der Waals surface area contributed by atoms with Gasteiger partial charge in [-0.3, -0.25) is 0 Å². The van der Waals surface area contributed by atoms with E-state index in [-0.39, 0.29) is 0 Å². The fraction of sp³-hybridized carbons (Fsp3) is 1.00. The van der Waals surface area contributed by atoms with Crippen molar-refractivity contribution >= 4 is 0 Å². The Kier molecular flexibility index (Phi) is 12.9. The van der Waals surface area contributed by atoms with Crippen LogP contribution >= 0.6 is 0 Å². The van der Waals surface area contributed by atoms with Crippen molar-refractivity contribution in [3.8, 4) is 0 Å². The summed E-state index contributed by atoms with van der Waals surface area (Å²) in [6, 6.07) is 0. The SMILES string of the molecule is OC[C@@H](O)[C@@H]1O[C@@H](O[C@H]2[C@@H](O[C@@H]3[C@@H](O[C@@H]4O[C@@H](CO)[C@H](O)[C@H]4O)[C@H](CO)O[C@@H]3O)O[C@@H](CO[C@@H]3O[C@@H](CO)[C@H](O)[C@H]3O)[C@@H]2O)[C@H](O)[C@H]1O. The molecule has 0 aromatic rings. The van der Waals surface area contributed by atoms with E-state index in [1.54, 1.807) is 0 Å². The van der Waals surface area contributed by atoms with E-state index in [2.05, 4.69) is 0 Å². The molecule has 0 unspecified atom stereocenters. The highest BCUT2D eigenvalue weighted by molar-refractivity contribution is 4.97. The first-order valence-electron chi connectivity index (χ1n) is 15.3. The summed E-state index contributed by atoms with van der Waals surface area (Å²) in [5.41, 5.74) is 0. The fourth-order valence-corrected chi connectivity index (χ4v) is 6.10. The van der Waals surface area contributed by atoms with Gasteiger partial charge in [0.1, 0.15) is 97.7 Å². The van der Waals surface area contributed by atoms with Gasteiger partial charge in [0, 0.05) is 0 Å². The Morgan fingerprint density at radius 2 is 0.958 bits per heavy atom. The van der Waals surface area contributed by atoms with Crippen LogP contribution in [-0.4, -0.2) is 229 Å². The topological polar surface area (TPSA) is 346 Å².